The number of aromatic nitrogens is 2. The molecule has 0 aliphatic rings. The van der Waals surface area contributed by atoms with Crippen molar-refractivity contribution < 1.29 is 8.78 Å². The molecule has 3 rings (SSSR count). The van der Waals surface area contributed by atoms with E-state index in [9.17, 15) is 8.78 Å². The van der Waals surface area contributed by atoms with Gasteiger partial charge in [0, 0.05) is 6.07 Å². The number of H-pyrrole nitrogens is 1. The molecule has 1 heterocycles. The first-order valence-electron chi connectivity index (χ1n) is 5.42. The molecule has 0 bridgehead atoms. The van der Waals surface area contributed by atoms with Crippen LogP contribution in [0.25, 0.3) is 16.7 Å². The van der Waals surface area contributed by atoms with Crippen LogP contribution in [0.15, 0.2) is 40.9 Å². The first-order chi connectivity index (χ1) is 9.06. The van der Waals surface area contributed by atoms with Gasteiger partial charge in [0.25, 0.3) is 0 Å². The van der Waals surface area contributed by atoms with Crippen LogP contribution < -0.4 is 0 Å². The van der Waals surface area contributed by atoms with Gasteiger partial charge >= 0.3 is 0 Å². The van der Waals surface area contributed by atoms with Gasteiger partial charge in [-0.25, -0.2) is 8.78 Å². The summed E-state index contributed by atoms with van der Waals surface area (Å²) in [5.41, 5.74) is 1.82. The van der Waals surface area contributed by atoms with Crippen LogP contribution in [0, 0.1) is 16.4 Å². The van der Waals surface area contributed by atoms with E-state index in [1.807, 2.05) is 0 Å². The molecular formula is C13H7BrF2N2S. The van der Waals surface area contributed by atoms with Gasteiger partial charge in [0.15, 0.2) is 4.77 Å². The summed E-state index contributed by atoms with van der Waals surface area (Å²) in [4.78, 5) is 2.96. The van der Waals surface area contributed by atoms with Gasteiger partial charge in [-0.15, -0.1) is 0 Å². The molecule has 0 saturated carbocycles. The van der Waals surface area contributed by atoms with Crippen molar-refractivity contribution in [1.29, 1.82) is 0 Å². The average Bonchev–Trinajstić information content (AvgIpc) is 2.68. The first-order valence-corrected chi connectivity index (χ1v) is 6.62. The summed E-state index contributed by atoms with van der Waals surface area (Å²) in [5, 5.41) is 0. The van der Waals surface area contributed by atoms with E-state index in [1.54, 1.807) is 22.8 Å². The Kier molecular flexibility index (Phi) is 2.99. The topological polar surface area (TPSA) is 20.7 Å². The fourth-order valence-corrected chi connectivity index (χ4v) is 2.52. The van der Waals surface area contributed by atoms with E-state index in [4.69, 9.17) is 12.2 Å². The minimum absolute atomic E-state index is 0.368. The van der Waals surface area contributed by atoms with Gasteiger partial charge in [0.05, 0.1) is 21.2 Å². The SMILES string of the molecule is Fc1ccc2[nH]c(=S)n(-c3ccc(Br)c(F)c3)c2c1. The summed E-state index contributed by atoms with van der Waals surface area (Å²) in [6, 6.07) is 8.96. The summed E-state index contributed by atoms with van der Waals surface area (Å²) in [6.07, 6.45) is 0. The van der Waals surface area contributed by atoms with E-state index in [0.717, 1.165) is 0 Å². The lowest BCUT2D eigenvalue weighted by Crippen LogP contribution is -1.95. The number of aromatic amines is 1. The molecule has 19 heavy (non-hydrogen) atoms. The number of nitrogens with zero attached hydrogens (tertiary/aromatic N) is 1. The zero-order chi connectivity index (χ0) is 13.6. The average molecular weight is 341 g/mol. The molecule has 1 N–H and O–H groups in total. The van der Waals surface area contributed by atoms with Crippen molar-refractivity contribution in [1.82, 2.24) is 9.55 Å². The van der Waals surface area contributed by atoms with E-state index in [2.05, 4.69) is 20.9 Å². The largest absolute Gasteiger partial charge is 0.330 e. The third kappa shape index (κ3) is 2.11. The molecule has 0 radical (unpaired) electrons. The second-order valence-electron chi connectivity index (χ2n) is 4.03. The van der Waals surface area contributed by atoms with Crippen molar-refractivity contribution in [3.63, 3.8) is 0 Å². The summed E-state index contributed by atoms with van der Waals surface area (Å²) >= 11 is 8.30. The minimum atomic E-state index is -0.398. The smallest absolute Gasteiger partial charge is 0.182 e. The standard InChI is InChI=1S/C13H7BrF2N2S/c14-9-3-2-8(6-10(9)16)18-12-5-7(15)1-4-11(12)17-13(18)19/h1-6H,(H,17,19). The highest BCUT2D eigenvalue weighted by molar-refractivity contribution is 9.10. The zero-order valence-corrected chi connectivity index (χ0v) is 11.9. The molecule has 0 aliphatic heterocycles. The first kappa shape index (κ1) is 12.5. The monoisotopic (exact) mass is 340 g/mol. The van der Waals surface area contributed by atoms with Gasteiger partial charge in [0.2, 0.25) is 0 Å². The molecule has 0 amide bonds. The second kappa shape index (κ2) is 4.54. The quantitative estimate of drug-likeness (QED) is 0.635. The van der Waals surface area contributed by atoms with E-state index in [1.165, 1.54) is 18.2 Å². The number of nitrogens with one attached hydrogen (secondary N) is 1. The van der Waals surface area contributed by atoms with Crippen LogP contribution in [-0.4, -0.2) is 9.55 Å². The molecule has 96 valence electrons. The Morgan fingerprint density at radius 2 is 1.89 bits per heavy atom. The molecule has 0 saturated heterocycles. The predicted molar refractivity (Wildman–Crippen MR) is 76.1 cm³/mol. The minimum Gasteiger partial charge on any atom is -0.330 e. The third-order valence-electron chi connectivity index (χ3n) is 2.81. The van der Waals surface area contributed by atoms with Gasteiger partial charge in [-0.2, -0.15) is 0 Å². The lowest BCUT2D eigenvalue weighted by atomic mass is 10.2. The van der Waals surface area contributed by atoms with E-state index < -0.39 is 5.82 Å². The van der Waals surface area contributed by atoms with E-state index in [-0.39, 0.29) is 5.82 Å². The van der Waals surface area contributed by atoms with Gasteiger partial charge < -0.3 is 4.98 Å². The molecule has 2 nitrogen and oxygen atoms in total. The van der Waals surface area contributed by atoms with Crippen LogP contribution in [0.4, 0.5) is 8.78 Å². The number of benzene rings is 2. The zero-order valence-electron chi connectivity index (χ0n) is 9.45. The lowest BCUT2D eigenvalue weighted by molar-refractivity contribution is 0.620. The Morgan fingerprint density at radius 1 is 1.11 bits per heavy atom. The Bertz CT molecular complexity index is 838. The van der Waals surface area contributed by atoms with Crippen LogP contribution in [0.2, 0.25) is 0 Å². The van der Waals surface area contributed by atoms with Crippen molar-refractivity contribution in [2.24, 2.45) is 0 Å². The molecule has 3 aromatic rings. The highest BCUT2D eigenvalue weighted by Gasteiger charge is 2.09. The molecule has 0 atom stereocenters. The fraction of sp³-hybridized carbons (Fsp3) is 0. The van der Waals surface area contributed by atoms with Crippen LogP contribution in [0.1, 0.15) is 0 Å². The number of hydrogen-bond acceptors (Lipinski definition) is 1. The maximum Gasteiger partial charge on any atom is 0.182 e. The molecule has 0 spiro atoms. The molecule has 6 heteroatoms. The van der Waals surface area contributed by atoms with Gasteiger partial charge in [0.1, 0.15) is 11.6 Å². The highest BCUT2D eigenvalue weighted by Crippen LogP contribution is 2.23. The van der Waals surface area contributed by atoms with Crippen molar-refractivity contribution in [3.8, 4) is 5.69 Å². The summed E-state index contributed by atoms with van der Waals surface area (Å²) in [6.45, 7) is 0. The van der Waals surface area contributed by atoms with Crippen LogP contribution >= 0.6 is 28.1 Å². The summed E-state index contributed by atoms with van der Waals surface area (Å²) < 4.78 is 29.3. The van der Waals surface area contributed by atoms with Gasteiger partial charge in [-0.3, -0.25) is 4.57 Å². The molecule has 0 fully saturated rings. The number of imidazole rings is 1. The Hall–Kier alpha value is -1.53. The maximum atomic E-state index is 13.6. The van der Waals surface area contributed by atoms with Gasteiger partial charge in [-0.1, -0.05) is 0 Å². The molecule has 0 unspecified atom stereocenters. The van der Waals surface area contributed by atoms with E-state index in [0.29, 0.717) is 26.0 Å². The number of halogens is 3. The predicted octanol–water partition coefficient (Wildman–Crippen LogP) is 4.73. The van der Waals surface area contributed by atoms with Gasteiger partial charge in [-0.05, 0) is 58.5 Å². The summed E-state index contributed by atoms with van der Waals surface area (Å²) in [7, 11) is 0. The van der Waals surface area contributed by atoms with Crippen LogP contribution in [-0.2, 0) is 0 Å². The van der Waals surface area contributed by atoms with Crippen molar-refractivity contribution >= 4 is 39.2 Å². The van der Waals surface area contributed by atoms with Crippen molar-refractivity contribution in [2.75, 3.05) is 0 Å². The number of hydrogen-bond donors (Lipinski definition) is 1. The van der Waals surface area contributed by atoms with Crippen LogP contribution in [0.3, 0.4) is 0 Å². The maximum absolute atomic E-state index is 13.6. The normalized spacial score (nSPS) is 11.1. The Morgan fingerprint density at radius 3 is 2.63 bits per heavy atom. The van der Waals surface area contributed by atoms with Crippen molar-refractivity contribution in [2.45, 2.75) is 0 Å². The van der Waals surface area contributed by atoms with Crippen LogP contribution in [0.5, 0.6) is 0 Å². The van der Waals surface area contributed by atoms with Crippen molar-refractivity contribution in [3.05, 3.63) is 57.3 Å². The van der Waals surface area contributed by atoms with E-state index >= 15 is 0 Å². The Labute approximate surface area is 120 Å². The fourth-order valence-electron chi connectivity index (χ4n) is 1.96. The Balaban J connectivity index is 2.35. The summed E-state index contributed by atoms with van der Waals surface area (Å²) in [5.74, 6) is -0.766. The molecule has 2 aromatic carbocycles. The molecular weight excluding hydrogens is 334 g/mol. The second-order valence-corrected chi connectivity index (χ2v) is 5.27. The number of fused-ring (bicyclic) bond motifs is 1. The molecule has 0 aliphatic carbocycles. The third-order valence-corrected chi connectivity index (χ3v) is 3.73. The lowest BCUT2D eigenvalue weighted by Gasteiger charge is -2.05. The highest BCUT2D eigenvalue weighted by atomic mass is 79.9. The molecule has 1 aromatic heterocycles. The number of rotatable bonds is 1.